The number of carbonyl (C=O) groups is 1. The third kappa shape index (κ3) is 12.0. The van der Waals surface area contributed by atoms with Gasteiger partial charge < -0.3 is 41.4 Å². The Labute approximate surface area is 90.9 Å². The van der Waals surface area contributed by atoms with Gasteiger partial charge in [0.1, 0.15) is 0 Å². The molecular formula is C7H18Cl2N2O2. The van der Waals surface area contributed by atoms with Gasteiger partial charge in [-0.2, -0.15) is 0 Å². The van der Waals surface area contributed by atoms with Crippen LogP contribution in [0.15, 0.2) is 0 Å². The van der Waals surface area contributed by atoms with Crippen LogP contribution in [0.5, 0.6) is 0 Å². The van der Waals surface area contributed by atoms with Crippen LogP contribution in [0.2, 0.25) is 0 Å². The highest BCUT2D eigenvalue weighted by molar-refractivity contribution is 5.71. The van der Waals surface area contributed by atoms with Crippen LogP contribution in [0.3, 0.4) is 0 Å². The average Bonchev–Trinajstić information content (AvgIpc) is 1.97. The molecule has 0 fully saturated rings. The number of carboxylic acid groups (broad SMARTS) is 1. The van der Waals surface area contributed by atoms with Gasteiger partial charge in [-0.05, 0) is 19.3 Å². The quantitative estimate of drug-likeness (QED) is 0.398. The Morgan fingerprint density at radius 1 is 1.23 bits per heavy atom. The molecule has 0 saturated heterocycles. The lowest BCUT2D eigenvalue weighted by Gasteiger charge is -2.00. The van der Waals surface area contributed by atoms with Crippen molar-refractivity contribution < 1.29 is 46.2 Å². The zero-order valence-corrected chi connectivity index (χ0v) is 9.15. The lowest BCUT2D eigenvalue weighted by molar-refractivity contribution is -0.409. The van der Waals surface area contributed by atoms with E-state index in [-0.39, 0.29) is 24.8 Å². The van der Waals surface area contributed by atoms with Crippen molar-refractivity contribution >= 4 is 5.97 Å². The second kappa shape index (κ2) is 12.0. The van der Waals surface area contributed by atoms with E-state index < -0.39 is 12.0 Å². The van der Waals surface area contributed by atoms with Crippen molar-refractivity contribution in [2.24, 2.45) is 0 Å². The first-order valence-electron chi connectivity index (χ1n) is 4.03. The molecule has 0 aliphatic heterocycles. The van der Waals surface area contributed by atoms with Crippen LogP contribution in [0.4, 0.5) is 0 Å². The molecular weight excluding hydrogens is 215 g/mol. The van der Waals surface area contributed by atoms with E-state index >= 15 is 0 Å². The number of aliphatic carboxylic acids is 1. The maximum atomic E-state index is 10.3. The Kier molecular flexibility index (Phi) is 17.2. The van der Waals surface area contributed by atoms with Crippen molar-refractivity contribution in [1.82, 2.24) is 0 Å². The molecule has 0 aliphatic carbocycles. The van der Waals surface area contributed by atoms with E-state index in [0.29, 0.717) is 6.42 Å². The van der Waals surface area contributed by atoms with Gasteiger partial charge in [-0.1, -0.05) is 0 Å². The molecule has 0 unspecified atom stereocenters. The minimum absolute atomic E-state index is 0. The van der Waals surface area contributed by atoms with E-state index in [9.17, 15) is 4.79 Å². The standard InChI is InChI=1S/C7H16N2O2.2ClH/c8-5-3-1-2-4-6(9)7(10)11;;/h6H,1-5,8-9H2,(H,10,11);2*1H/t6-;;/m0../s1. The average molecular weight is 233 g/mol. The first kappa shape index (κ1) is 18.7. The van der Waals surface area contributed by atoms with Crippen LogP contribution in [0, 0.1) is 0 Å². The van der Waals surface area contributed by atoms with Crippen molar-refractivity contribution in [2.75, 3.05) is 6.54 Å². The SMILES string of the molecule is [Cl-].[Cl-].[NH3+]CCCCC[C@H]([NH3+])C(=O)O. The highest BCUT2D eigenvalue weighted by Gasteiger charge is 2.13. The molecule has 1 atom stereocenters. The summed E-state index contributed by atoms with van der Waals surface area (Å²) in [6.07, 6.45) is 3.81. The molecule has 0 aromatic heterocycles. The Morgan fingerprint density at radius 2 is 1.77 bits per heavy atom. The Hall–Kier alpha value is -0.0300. The molecule has 0 heterocycles. The Balaban J connectivity index is -0.000000500. The molecule has 7 N–H and O–H groups in total. The summed E-state index contributed by atoms with van der Waals surface area (Å²) in [7, 11) is 0. The van der Waals surface area contributed by atoms with Crippen molar-refractivity contribution in [2.45, 2.75) is 31.7 Å². The van der Waals surface area contributed by atoms with Gasteiger partial charge in [0, 0.05) is 6.42 Å². The normalized spacial score (nSPS) is 10.9. The van der Waals surface area contributed by atoms with Gasteiger partial charge >= 0.3 is 5.97 Å². The zero-order valence-electron chi connectivity index (χ0n) is 7.64. The number of halogens is 2. The summed E-state index contributed by atoms with van der Waals surface area (Å²) in [6.45, 7) is 0.939. The highest BCUT2D eigenvalue weighted by Crippen LogP contribution is 1.99. The summed E-state index contributed by atoms with van der Waals surface area (Å²) in [5, 5.41) is 8.46. The second-order valence-electron chi connectivity index (χ2n) is 2.74. The molecule has 0 rings (SSSR count). The minimum Gasteiger partial charge on any atom is -1.00 e. The summed E-state index contributed by atoms with van der Waals surface area (Å²) < 4.78 is 0. The van der Waals surface area contributed by atoms with E-state index in [1.807, 2.05) is 0 Å². The summed E-state index contributed by atoms with van der Waals surface area (Å²) in [4.78, 5) is 10.3. The van der Waals surface area contributed by atoms with Gasteiger partial charge in [-0.3, -0.25) is 0 Å². The monoisotopic (exact) mass is 232 g/mol. The fourth-order valence-corrected chi connectivity index (χ4v) is 0.868. The molecule has 0 aromatic rings. The van der Waals surface area contributed by atoms with E-state index in [2.05, 4.69) is 11.5 Å². The number of unbranched alkanes of at least 4 members (excludes halogenated alkanes) is 2. The molecule has 0 aliphatic rings. The van der Waals surface area contributed by atoms with Crippen LogP contribution < -0.4 is 36.3 Å². The first-order valence-corrected chi connectivity index (χ1v) is 4.03. The van der Waals surface area contributed by atoms with Crippen molar-refractivity contribution in [3.8, 4) is 0 Å². The number of hydrogen-bond donors (Lipinski definition) is 3. The molecule has 0 amide bonds. The van der Waals surface area contributed by atoms with Gasteiger partial charge in [-0.15, -0.1) is 0 Å². The van der Waals surface area contributed by atoms with Gasteiger partial charge in [0.25, 0.3) is 0 Å². The van der Waals surface area contributed by atoms with Crippen LogP contribution in [0.25, 0.3) is 0 Å². The van der Waals surface area contributed by atoms with Gasteiger partial charge in [0.05, 0.1) is 6.54 Å². The predicted octanol–water partition coefficient (Wildman–Crippen LogP) is -7.51. The minimum atomic E-state index is -0.792. The number of carboxylic acids is 1. The molecule has 0 radical (unpaired) electrons. The topological polar surface area (TPSA) is 92.6 Å². The summed E-state index contributed by atoms with van der Waals surface area (Å²) >= 11 is 0. The Morgan fingerprint density at radius 3 is 2.15 bits per heavy atom. The van der Waals surface area contributed by atoms with Crippen LogP contribution in [-0.4, -0.2) is 23.7 Å². The Bertz CT molecular complexity index is 125. The van der Waals surface area contributed by atoms with E-state index in [1.165, 1.54) is 0 Å². The van der Waals surface area contributed by atoms with Crippen LogP contribution in [0.1, 0.15) is 25.7 Å². The van der Waals surface area contributed by atoms with Gasteiger partial charge in [0.2, 0.25) is 0 Å². The predicted molar refractivity (Wildman–Crippen MR) is 40.5 cm³/mol. The third-order valence-corrected chi connectivity index (χ3v) is 1.65. The van der Waals surface area contributed by atoms with E-state index in [4.69, 9.17) is 5.11 Å². The van der Waals surface area contributed by atoms with Crippen LogP contribution >= 0.6 is 0 Å². The summed E-state index contributed by atoms with van der Waals surface area (Å²) in [5.41, 5.74) is 7.23. The number of quaternary nitrogens is 2. The number of rotatable bonds is 6. The largest absolute Gasteiger partial charge is 1.00 e. The third-order valence-electron chi connectivity index (χ3n) is 1.65. The number of hydrogen-bond acceptors (Lipinski definition) is 1. The summed E-state index contributed by atoms with van der Waals surface area (Å²) in [5.74, 6) is -0.792. The lowest BCUT2D eigenvalue weighted by atomic mass is 10.1. The molecule has 6 heteroatoms. The molecule has 4 nitrogen and oxygen atoms in total. The highest BCUT2D eigenvalue weighted by atomic mass is 35.5. The zero-order chi connectivity index (χ0) is 8.69. The lowest BCUT2D eigenvalue weighted by Crippen LogP contribution is -3.00. The van der Waals surface area contributed by atoms with Crippen molar-refractivity contribution in [3.05, 3.63) is 0 Å². The molecule has 0 saturated carbocycles. The first-order chi connectivity index (χ1) is 5.18. The molecule has 0 spiro atoms. The van der Waals surface area contributed by atoms with E-state index in [0.717, 1.165) is 25.8 Å². The van der Waals surface area contributed by atoms with Crippen molar-refractivity contribution in [3.63, 3.8) is 0 Å². The van der Waals surface area contributed by atoms with Gasteiger partial charge in [0.15, 0.2) is 6.04 Å². The smallest absolute Gasteiger partial charge is 0.362 e. The van der Waals surface area contributed by atoms with E-state index in [1.54, 1.807) is 0 Å². The van der Waals surface area contributed by atoms with Gasteiger partial charge in [-0.25, -0.2) is 4.79 Å². The maximum Gasteiger partial charge on any atom is 0.362 e. The molecule has 0 bridgehead atoms. The van der Waals surface area contributed by atoms with Crippen LogP contribution in [-0.2, 0) is 4.79 Å². The van der Waals surface area contributed by atoms with Crippen molar-refractivity contribution in [1.29, 1.82) is 0 Å². The maximum absolute atomic E-state index is 10.3. The fraction of sp³-hybridized carbons (Fsp3) is 0.857. The summed E-state index contributed by atoms with van der Waals surface area (Å²) in [6, 6.07) is -0.431. The second-order valence-corrected chi connectivity index (χ2v) is 2.74. The fourth-order valence-electron chi connectivity index (χ4n) is 0.868. The molecule has 0 aromatic carbocycles. The molecule has 13 heavy (non-hydrogen) atoms. The molecule has 82 valence electrons.